The van der Waals surface area contributed by atoms with Crippen molar-refractivity contribution in [1.29, 1.82) is 0 Å². The van der Waals surface area contributed by atoms with Crippen LogP contribution in [0.1, 0.15) is 21.5 Å². The van der Waals surface area contributed by atoms with Crippen molar-refractivity contribution in [2.75, 3.05) is 5.32 Å². The van der Waals surface area contributed by atoms with Gasteiger partial charge in [-0.3, -0.25) is 9.78 Å². The molecular formula is C15H14N2O3. The number of rotatable bonds is 4. The van der Waals surface area contributed by atoms with Crippen LogP contribution in [-0.4, -0.2) is 22.0 Å². The summed E-state index contributed by atoms with van der Waals surface area (Å²) in [7, 11) is 0. The third kappa shape index (κ3) is 3.41. The van der Waals surface area contributed by atoms with E-state index in [2.05, 4.69) is 10.3 Å². The number of benzene rings is 1. The van der Waals surface area contributed by atoms with Crippen LogP contribution in [0.25, 0.3) is 0 Å². The fraction of sp³-hybridized carbons (Fsp3) is 0.133. The molecule has 1 aromatic carbocycles. The number of carboxylic acid groups (broad SMARTS) is 1. The largest absolute Gasteiger partial charge is 0.478 e. The molecule has 0 saturated carbocycles. The molecule has 20 heavy (non-hydrogen) atoms. The lowest BCUT2D eigenvalue weighted by Gasteiger charge is -2.09. The minimum absolute atomic E-state index is 0.148. The molecule has 0 aliphatic heterocycles. The summed E-state index contributed by atoms with van der Waals surface area (Å²) < 4.78 is 0. The number of carboxylic acids is 1. The van der Waals surface area contributed by atoms with Gasteiger partial charge >= 0.3 is 5.97 Å². The van der Waals surface area contributed by atoms with Crippen LogP contribution < -0.4 is 5.32 Å². The maximum atomic E-state index is 11.9. The summed E-state index contributed by atoms with van der Waals surface area (Å²) in [5.41, 5.74) is 2.33. The number of hydrogen-bond donors (Lipinski definition) is 2. The Morgan fingerprint density at radius 3 is 2.55 bits per heavy atom. The Kier molecular flexibility index (Phi) is 4.10. The molecular weight excluding hydrogens is 256 g/mol. The predicted molar refractivity (Wildman–Crippen MR) is 74.7 cm³/mol. The highest BCUT2D eigenvalue weighted by Crippen LogP contribution is 2.17. The zero-order valence-corrected chi connectivity index (χ0v) is 11.0. The molecule has 0 atom stereocenters. The SMILES string of the molecule is Cc1ccc(C(=O)O)cc1NC(=O)Cc1ccncc1. The first-order chi connectivity index (χ1) is 9.56. The predicted octanol–water partition coefficient (Wildman–Crippen LogP) is 2.27. The second-order valence-corrected chi connectivity index (χ2v) is 4.42. The van der Waals surface area contributed by atoms with E-state index in [0.717, 1.165) is 11.1 Å². The van der Waals surface area contributed by atoms with Crippen molar-refractivity contribution in [1.82, 2.24) is 4.98 Å². The number of amides is 1. The number of nitrogens with one attached hydrogen (secondary N) is 1. The summed E-state index contributed by atoms with van der Waals surface area (Å²) >= 11 is 0. The quantitative estimate of drug-likeness (QED) is 0.893. The Balaban J connectivity index is 2.11. The molecule has 5 nitrogen and oxygen atoms in total. The summed E-state index contributed by atoms with van der Waals surface area (Å²) in [4.78, 5) is 26.7. The van der Waals surface area contributed by atoms with Crippen molar-refractivity contribution in [3.63, 3.8) is 0 Å². The molecule has 0 bridgehead atoms. The van der Waals surface area contributed by atoms with Gasteiger partial charge in [-0.2, -0.15) is 0 Å². The number of aromatic carboxylic acids is 1. The normalized spacial score (nSPS) is 10.1. The van der Waals surface area contributed by atoms with Crippen LogP contribution in [0.4, 0.5) is 5.69 Å². The maximum absolute atomic E-state index is 11.9. The van der Waals surface area contributed by atoms with Crippen molar-refractivity contribution in [3.05, 3.63) is 59.4 Å². The standard InChI is InChI=1S/C15H14N2O3/c1-10-2-3-12(15(19)20)9-13(10)17-14(18)8-11-4-6-16-7-5-11/h2-7,9H,8H2,1H3,(H,17,18)(H,19,20). The van der Waals surface area contributed by atoms with E-state index in [4.69, 9.17) is 5.11 Å². The van der Waals surface area contributed by atoms with Gasteiger partial charge in [-0.1, -0.05) is 6.07 Å². The fourth-order valence-electron chi connectivity index (χ4n) is 1.77. The number of aromatic nitrogens is 1. The lowest BCUT2D eigenvalue weighted by Crippen LogP contribution is -2.15. The van der Waals surface area contributed by atoms with E-state index < -0.39 is 5.97 Å². The van der Waals surface area contributed by atoms with Gasteiger partial charge < -0.3 is 10.4 Å². The van der Waals surface area contributed by atoms with Crippen LogP contribution in [0, 0.1) is 6.92 Å². The summed E-state index contributed by atoms with van der Waals surface area (Å²) in [5.74, 6) is -1.21. The molecule has 5 heteroatoms. The van der Waals surface area contributed by atoms with E-state index in [1.807, 2.05) is 6.92 Å². The summed E-state index contributed by atoms with van der Waals surface area (Å²) in [6.07, 6.45) is 3.47. The smallest absolute Gasteiger partial charge is 0.335 e. The highest BCUT2D eigenvalue weighted by atomic mass is 16.4. The van der Waals surface area contributed by atoms with Gasteiger partial charge in [0.1, 0.15) is 0 Å². The van der Waals surface area contributed by atoms with Crippen molar-refractivity contribution < 1.29 is 14.7 Å². The molecule has 1 aromatic heterocycles. The van der Waals surface area contributed by atoms with Gasteiger partial charge in [0.15, 0.2) is 0 Å². The first kappa shape index (κ1) is 13.7. The van der Waals surface area contributed by atoms with E-state index in [1.165, 1.54) is 12.1 Å². The first-order valence-corrected chi connectivity index (χ1v) is 6.09. The highest BCUT2D eigenvalue weighted by molar-refractivity contribution is 5.95. The van der Waals surface area contributed by atoms with Crippen LogP contribution in [0.5, 0.6) is 0 Å². The number of anilines is 1. The number of carbonyl (C=O) groups is 2. The Morgan fingerprint density at radius 2 is 1.90 bits per heavy atom. The molecule has 0 spiro atoms. The second-order valence-electron chi connectivity index (χ2n) is 4.42. The third-order valence-corrected chi connectivity index (χ3v) is 2.87. The number of hydrogen-bond acceptors (Lipinski definition) is 3. The van der Waals surface area contributed by atoms with Crippen LogP contribution in [0.3, 0.4) is 0 Å². The topological polar surface area (TPSA) is 79.3 Å². The molecule has 0 radical (unpaired) electrons. The van der Waals surface area contributed by atoms with E-state index >= 15 is 0 Å². The van der Waals surface area contributed by atoms with Crippen molar-refractivity contribution >= 4 is 17.6 Å². The first-order valence-electron chi connectivity index (χ1n) is 6.09. The molecule has 0 aliphatic rings. The minimum atomic E-state index is -1.02. The Labute approximate surface area is 116 Å². The number of pyridine rings is 1. The lowest BCUT2D eigenvalue weighted by molar-refractivity contribution is -0.115. The zero-order valence-electron chi connectivity index (χ0n) is 11.0. The van der Waals surface area contributed by atoms with Crippen LogP contribution in [0.15, 0.2) is 42.7 Å². The average molecular weight is 270 g/mol. The average Bonchev–Trinajstić information content (AvgIpc) is 2.42. The van der Waals surface area contributed by atoms with E-state index in [9.17, 15) is 9.59 Å². The van der Waals surface area contributed by atoms with Gasteiger partial charge in [-0.15, -0.1) is 0 Å². The Morgan fingerprint density at radius 1 is 1.20 bits per heavy atom. The number of nitrogens with zero attached hydrogens (tertiary/aromatic N) is 1. The summed E-state index contributed by atoms with van der Waals surface area (Å²) in [6.45, 7) is 1.81. The molecule has 2 N–H and O–H groups in total. The molecule has 102 valence electrons. The van der Waals surface area contributed by atoms with Crippen LogP contribution in [0.2, 0.25) is 0 Å². The molecule has 0 aliphatic carbocycles. The molecule has 0 unspecified atom stereocenters. The van der Waals surface area contributed by atoms with Gasteiger partial charge in [-0.25, -0.2) is 4.79 Å². The van der Waals surface area contributed by atoms with Crippen LogP contribution >= 0.6 is 0 Å². The van der Waals surface area contributed by atoms with Gasteiger partial charge in [0, 0.05) is 18.1 Å². The van der Waals surface area contributed by atoms with E-state index in [-0.39, 0.29) is 17.9 Å². The molecule has 0 saturated heterocycles. The van der Waals surface area contributed by atoms with Crippen molar-refractivity contribution in [2.24, 2.45) is 0 Å². The van der Waals surface area contributed by atoms with Crippen molar-refractivity contribution in [3.8, 4) is 0 Å². The minimum Gasteiger partial charge on any atom is -0.478 e. The second kappa shape index (κ2) is 5.97. The zero-order chi connectivity index (χ0) is 14.5. The highest BCUT2D eigenvalue weighted by Gasteiger charge is 2.09. The van der Waals surface area contributed by atoms with E-state index in [1.54, 1.807) is 30.6 Å². The molecule has 2 aromatic rings. The fourth-order valence-corrected chi connectivity index (χ4v) is 1.77. The molecule has 1 amide bonds. The Bertz CT molecular complexity index is 639. The van der Waals surface area contributed by atoms with Gasteiger partial charge in [0.05, 0.1) is 12.0 Å². The monoisotopic (exact) mass is 270 g/mol. The summed E-state index contributed by atoms with van der Waals surface area (Å²) in [6, 6.07) is 8.17. The molecule has 1 heterocycles. The van der Waals surface area contributed by atoms with Gasteiger partial charge in [0.25, 0.3) is 0 Å². The number of aryl methyl sites for hydroxylation is 1. The molecule has 2 rings (SSSR count). The lowest BCUT2D eigenvalue weighted by atomic mass is 10.1. The third-order valence-electron chi connectivity index (χ3n) is 2.87. The Hall–Kier alpha value is -2.69. The van der Waals surface area contributed by atoms with Crippen LogP contribution in [-0.2, 0) is 11.2 Å². The summed E-state index contributed by atoms with van der Waals surface area (Å²) in [5, 5.41) is 11.7. The number of carbonyl (C=O) groups excluding carboxylic acids is 1. The van der Waals surface area contributed by atoms with Crippen molar-refractivity contribution in [2.45, 2.75) is 13.3 Å². The van der Waals surface area contributed by atoms with Gasteiger partial charge in [-0.05, 0) is 42.3 Å². The van der Waals surface area contributed by atoms with Gasteiger partial charge in [0.2, 0.25) is 5.91 Å². The maximum Gasteiger partial charge on any atom is 0.335 e. The molecule has 0 fully saturated rings. The van der Waals surface area contributed by atoms with E-state index in [0.29, 0.717) is 5.69 Å².